The molecule has 4 aromatic carbocycles. The van der Waals surface area contributed by atoms with Crippen LogP contribution in [0.5, 0.6) is 0 Å². The molecule has 5 rings (SSSR count). The smallest absolute Gasteiger partial charge is 0.234 e. The third kappa shape index (κ3) is 4.41. The molecule has 1 unspecified atom stereocenters. The minimum atomic E-state index is -0.285. The third-order valence-electron chi connectivity index (χ3n) is 6.82. The number of carbonyl (C=O) groups is 2. The Hall–Kier alpha value is -3.44. The zero-order chi connectivity index (χ0) is 22.8. The first kappa shape index (κ1) is 21.4. The highest BCUT2D eigenvalue weighted by molar-refractivity contribution is 6.17. The van der Waals surface area contributed by atoms with Gasteiger partial charge in [0.15, 0.2) is 0 Å². The first-order chi connectivity index (χ1) is 16.1. The number of primary amides is 1. The summed E-state index contributed by atoms with van der Waals surface area (Å²) in [4.78, 5) is 26.5. The Labute approximate surface area is 193 Å². The average Bonchev–Trinajstić information content (AvgIpc) is 3.35. The van der Waals surface area contributed by atoms with Gasteiger partial charge in [-0.3, -0.25) is 14.5 Å². The summed E-state index contributed by atoms with van der Waals surface area (Å²) < 4.78 is 0. The van der Waals surface area contributed by atoms with E-state index in [2.05, 4.69) is 64.8 Å². The average molecular weight is 440 g/mol. The number of rotatable bonds is 7. The van der Waals surface area contributed by atoms with Crippen molar-refractivity contribution in [2.45, 2.75) is 38.1 Å². The molecule has 0 radical (unpaired) electrons. The molecule has 0 saturated carbocycles. The number of likely N-dealkylation sites (tertiary alicyclic amines) is 1. The highest BCUT2D eigenvalue weighted by atomic mass is 16.2. The van der Waals surface area contributed by atoms with Gasteiger partial charge in [0.1, 0.15) is 0 Å². The number of fused-ring (bicyclic) bond motifs is 5. The lowest BCUT2D eigenvalue weighted by atomic mass is 9.97. The molecule has 0 spiro atoms. The summed E-state index contributed by atoms with van der Waals surface area (Å²) in [5, 5.41) is 10.2. The van der Waals surface area contributed by atoms with Crippen molar-refractivity contribution in [3.63, 3.8) is 0 Å². The van der Waals surface area contributed by atoms with E-state index in [1.807, 2.05) is 12.1 Å². The van der Waals surface area contributed by atoms with Crippen LogP contribution in [0.2, 0.25) is 0 Å². The summed E-state index contributed by atoms with van der Waals surface area (Å²) in [6.07, 6.45) is 3.86. The van der Waals surface area contributed by atoms with Crippen molar-refractivity contribution in [2.75, 3.05) is 18.4 Å². The van der Waals surface area contributed by atoms with Crippen molar-refractivity contribution in [1.82, 2.24) is 4.90 Å². The molecule has 3 N–H and O–H groups in total. The third-order valence-corrected chi connectivity index (χ3v) is 6.82. The summed E-state index contributed by atoms with van der Waals surface area (Å²) in [5.41, 5.74) is 6.39. The molecule has 4 aromatic rings. The van der Waals surface area contributed by atoms with Gasteiger partial charge in [-0.2, -0.15) is 0 Å². The summed E-state index contributed by atoms with van der Waals surface area (Å²) in [6.45, 7) is 1.84. The summed E-state index contributed by atoms with van der Waals surface area (Å²) in [7, 11) is 0. The molecule has 1 atom stereocenters. The topological polar surface area (TPSA) is 75.4 Å². The van der Waals surface area contributed by atoms with E-state index >= 15 is 0 Å². The predicted octanol–water partition coefficient (Wildman–Crippen LogP) is 5.20. The van der Waals surface area contributed by atoms with Crippen molar-refractivity contribution in [3.8, 4) is 0 Å². The zero-order valence-electron chi connectivity index (χ0n) is 18.7. The molecule has 168 valence electrons. The Morgan fingerprint density at radius 1 is 0.848 bits per heavy atom. The number of anilines is 1. The molecule has 1 fully saturated rings. The molecular weight excluding hydrogens is 410 g/mol. The van der Waals surface area contributed by atoms with Gasteiger partial charge in [-0.15, -0.1) is 0 Å². The Morgan fingerprint density at radius 3 is 2.27 bits per heavy atom. The number of nitrogens with zero attached hydrogens (tertiary/aromatic N) is 1. The van der Waals surface area contributed by atoms with Gasteiger partial charge in [-0.25, -0.2) is 0 Å². The SMILES string of the molecule is NC(=O)C(CCCC(=O)Nc1ccc2c(ccc3c4ccccc4ccc23)c1)N1CCCC1. The van der Waals surface area contributed by atoms with Crippen molar-refractivity contribution >= 4 is 49.8 Å². The molecule has 5 nitrogen and oxygen atoms in total. The first-order valence-electron chi connectivity index (χ1n) is 11.8. The molecule has 1 aliphatic heterocycles. The molecule has 1 aliphatic rings. The maximum Gasteiger partial charge on any atom is 0.234 e. The van der Waals surface area contributed by atoms with Crippen LogP contribution in [-0.4, -0.2) is 35.8 Å². The number of benzene rings is 4. The van der Waals surface area contributed by atoms with E-state index in [-0.39, 0.29) is 17.9 Å². The standard InChI is InChI=1S/C28H29N3O2/c29-28(33)26(31-16-3-4-17-31)8-5-9-27(32)30-21-12-15-23-20(18-21)11-14-24-22-7-2-1-6-19(22)10-13-25(23)24/h1-2,6-7,10-15,18,26H,3-5,8-9,16-17H2,(H2,29,33)(H,30,32). The van der Waals surface area contributed by atoms with Crippen molar-refractivity contribution in [2.24, 2.45) is 5.73 Å². The number of nitrogens with one attached hydrogen (secondary N) is 1. The van der Waals surface area contributed by atoms with Gasteiger partial charge in [0.05, 0.1) is 6.04 Å². The maximum absolute atomic E-state index is 12.5. The second-order valence-electron chi connectivity index (χ2n) is 8.98. The minimum Gasteiger partial charge on any atom is -0.368 e. The Balaban J connectivity index is 1.28. The van der Waals surface area contributed by atoms with Gasteiger partial charge in [0, 0.05) is 12.1 Å². The van der Waals surface area contributed by atoms with Crippen LogP contribution in [0, 0.1) is 0 Å². The molecule has 2 amide bonds. The van der Waals surface area contributed by atoms with E-state index in [0.29, 0.717) is 19.3 Å². The van der Waals surface area contributed by atoms with Gasteiger partial charge >= 0.3 is 0 Å². The van der Waals surface area contributed by atoms with Crippen LogP contribution in [0.25, 0.3) is 32.3 Å². The number of amides is 2. The van der Waals surface area contributed by atoms with E-state index < -0.39 is 0 Å². The molecule has 1 saturated heterocycles. The molecule has 0 aliphatic carbocycles. The van der Waals surface area contributed by atoms with Crippen LogP contribution in [0.3, 0.4) is 0 Å². The molecule has 0 aromatic heterocycles. The monoisotopic (exact) mass is 439 g/mol. The van der Waals surface area contributed by atoms with Crippen LogP contribution >= 0.6 is 0 Å². The predicted molar refractivity (Wildman–Crippen MR) is 135 cm³/mol. The fourth-order valence-electron chi connectivity index (χ4n) is 5.14. The van der Waals surface area contributed by atoms with Gasteiger partial charge < -0.3 is 11.1 Å². The van der Waals surface area contributed by atoms with Crippen LogP contribution in [-0.2, 0) is 9.59 Å². The second kappa shape index (κ2) is 9.20. The molecule has 1 heterocycles. The quantitative estimate of drug-likeness (QED) is 0.389. The van der Waals surface area contributed by atoms with Crippen LogP contribution in [0.1, 0.15) is 32.1 Å². The lowest BCUT2D eigenvalue weighted by molar-refractivity contribution is -0.123. The van der Waals surface area contributed by atoms with E-state index in [0.717, 1.165) is 37.0 Å². The number of hydrogen-bond donors (Lipinski definition) is 2. The van der Waals surface area contributed by atoms with Crippen molar-refractivity contribution in [1.29, 1.82) is 0 Å². The first-order valence-corrected chi connectivity index (χ1v) is 11.8. The minimum absolute atomic E-state index is 0.0363. The van der Waals surface area contributed by atoms with Crippen LogP contribution in [0.4, 0.5) is 5.69 Å². The number of carbonyl (C=O) groups excluding carboxylic acids is 2. The van der Waals surface area contributed by atoms with Gasteiger partial charge in [0.25, 0.3) is 0 Å². The highest BCUT2D eigenvalue weighted by Crippen LogP contribution is 2.32. The van der Waals surface area contributed by atoms with Crippen LogP contribution in [0.15, 0.2) is 66.7 Å². The summed E-state index contributed by atoms with van der Waals surface area (Å²) in [6, 6.07) is 22.8. The molecule has 33 heavy (non-hydrogen) atoms. The Morgan fingerprint density at radius 2 is 1.52 bits per heavy atom. The Bertz CT molecular complexity index is 1340. The van der Waals surface area contributed by atoms with Gasteiger partial charge in [-0.05, 0) is 83.2 Å². The zero-order valence-corrected chi connectivity index (χ0v) is 18.7. The van der Waals surface area contributed by atoms with E-state index in [4.69, 9.17) is 5.73 Å². The second-order valence-corrected chi connectivity index (χ2v) is 8.98. The van der Waals surface area contributed by atoms with Gasteiger partial charge in [0.2, 0.25) is 11.8 Å². The maximum atomic E-state index is 12.5. The molecule has 0 bridgehead atoms. The molecule has 5 heteroatoms. The van der Waals surface area contributed by atoms with E-state index in [1.54, 1.807) is 0 Å². The van der Waals surface area contributed by atoms with Gasteiger partial charge in [-0.1, -0.05) is 54.6 Å². The summed E-state index contributed by atoms with van der Waals surface area (Å²) in [5.74, 6) is -0.322. The highest BCUT2D eigenvalue weighted by Gasteiger charge is 2.26. The number of hydrogen-bond acceptors (Lipinski definition) is 3. The van der Waals surface area contributed by atoms with Crippen molar-refractivity contribution < 1.29 is 9.59 Å². The normalized spacial score (nSPS) is 15.3. The lowest BCUT2D eigenvalue weighted by Gasteiger charge is -2.24. The fraction of sp³-hybridized carbons (Fsp3) is 0.286. The van der Waals surface area contributed by atoms with Crippen LogP contribution < -0.4 is 11.1 Å². The largest absolute Gasteiger partial charge is 0.368 e. The van der Waals surface area contributed by atoms with E-state index in [1.165, 1.54) is 26.9 Å². The fourth-order valence-corrected chi connectivity index (χ4v) is 5.14. The summed E-state index contributed by atoms with van der Waals surface area (Å²) >= 11 is 0. The number of nitrogens with two attached hydrogens (primary N) is 1. The molecular formula is C28H29N3O2. The Kier molecular flexibility index (Phi) is 5.97. The van der Waals surface area contributed by atoms with Crippen molar-refractivity contribution in [3.05, 3.63) is 66.7 Å². The lowest BCUT2D eigenvalue weighted by Crippen LogP contribution is -2.43. The van der Waals surface area contributed by atoms with E-state index in [9.17, 15) is 9.59 Å².